The van der Waals surface area contributed by atoms with Gasteiger partial charge in [-0.25, -0.2) is 8.42 Å². The van der Waals surface area contributed by atoms with Gasteiger partial charge in [0.1, 0.15) is 0 Å². The van der Waals surface area contributed by atoms with Gasteiger partial charge >= 0.3 is 0 Å². The van der Waals surface area contributed by atoms with Crippen molar-refractivity contribution in [3.8, 4) is 0 Å². The third kappa shape index (κ3) is 5.05. The summed E-state index contributed by atoms with van der Waals surface area (Å²) in [5.74, 6) is 0. The average Bonchev–Trinajstić information content (AvgIpc) is 2.79. The van der Waals surface area contributed by atoms with E-state index in [1.165, 1.54) is 0 Å². The second-order valence-corrected chi connectivity index (χ2v) is 9.30. The van der Waals surface area contributed by atoms with Crippen LogP contribution in [0.1, 0.15) is 16.7 Å². The Bertz CT molecular complexity index is 1100. The van der Waals surface area contributed by atoms with Gasteiger partial charge in [0.05, 0.1) is 23.0 Å². The van der Waals surface area contributed by atoms with E-state index in [1.807, 2.05) is 66.7 Å². The molecule has 0 unspecified atom stereocenters. The first-order valence-electron chi connectivity index (χ1n) is 10.1. The Morgan fingerprint density at radius 3 is 2.13 bits per heavy atom. The number of rotatable bonds is 6. The first-order chi connectivity index (χ1) is 14.6. The molecule has 3 aromatic rings. The highest BCUT2D eigenvalue weighted by atomic mass is 32.2. The van der Waals surface area contributed by atoms with E-state index >= 15 is 0 Å². The first-order valence-corrected chi connectivity index (χ1v) is 11.6. The largest absolute Gasteiger partial charge is 0.379 e. The van der Waals surface area contributed by atoms with Gasteiger partial charge in [-0.15, -0.1) is 0 Å². The number of hydrogen-bond donors (Lipinski definition) is 0. The maximum absolute atomic E-state index is 13.1. The van der Waals surface area contributed by atoms with Crippen molar-refractivity contribution in [2.75, 3.05) is 26.3 Å². The summed E-state index contributed by atoms with van der Waals surface area (Å²) < 4.78 is 31.6. The lowest BCUT2D eigenvalue weighted by atomic mass is 10.1. The number of morpholine rings is 1. The number of nitrogens with zero attached hydrogens (tertiary/aromatic N) is 1. The van der Waals surface area contributed by atoms with Crippen LogP contribution < -0.4 is 0 Å². The van der Waals surface area contributed by atoms with E-state index in [9.17, 15) is 8.42 Å². The Morgan fingerprint density at radius 1 is 0.767 bits per heavy atom. The summed E-state index contributed by atoms with van der Waals surface area (Å²) in [6.07, 6.45) is 3.99. The Kier molecular flexibility index (Phi) is 6.43. The predicted molar refractivity (Wildman–Crippen MR) is 120 cm³/mol. The first kappa shape index (κ1) is 20.5. The fourth-order valence-corrected chi connectivity index (χ4v) is 4.81. The van der Waals surface area contributed by atoms with Crippen LogP contribution in [0, 0.1) is 0 Å². The van der Waals surface area contributed by atoms with Crippen LogP contribution in [0.25, 0.3) is 12.2 Å². The molecule has 3 aromatic carbocycles. The summed E-state index contributed by atoms with van der Waals surface area (Å²) in [5, 5.41) is 0. The highest BCUT2D eigenvalue weighted by Gasteiger charge is 2.18. The molecule has 0 radical (unpaired) electrons. The van der Waals surface area contributed by atoms with Crippen LogP contribution in [0.2, 0.25) is 0 Å². The van der Waals surface area contributed by atoms with Crippen molar-refractivity contribution in [3.63, 3.8) is 0 Å². The molecule has 1 aliphatic rings. The molecule has 0 saturated carbocycles. The van der Waals surface area contributed by atoms with Crippen molar-refractivity contribution < 1.29 is 13.2 Å². The molecule has 154 valence electrons. The molecule has 1 saturated heterocycles. The van der Waals surface area contributed by atoms with Gasteiger partial charge in [0, 0.05) is 19.6 Å². The molecule has 4 rings (SSSR count). The van der Waals surface area contributed by atoms with Crippen LogP contribution in [0.3, 0.4) is 0 Å². The van der Waals surface area contributed by atoms with Crippen LogP contribution >= 0.6 is 0 Å². The minimum Gasteiger partial charge on any atom is -0.379 e. The summed E-state index contributed by atoms with van der Waals surface area (Å²) >= 11 is 0. The molecule has 0 aromatic heterocycles. The summed E-state index contributed by atoms with van der Waals surface area (Å²) in [6.45, 7) is 3.92. The lowest BCUT2D eigenvalue weighted by Crippen LogP contribution is -2.35. The van der Waals surface area contributed by atoms with Crippen LogP contribution in [-0.2, 0) is 21.1 Å². The van der Waals surface area contributed by atoms with Gasteiger partial charge in [-0.2, -0.15) is 0 Å². The smallest absolute Gasteiger partial charge is 0.206 e. The van der Waals surface area contributed by atoms with E-state index in [-0.39, 0.29) is 0 Å². The number of hydrogen-bond acceptors (Lipinski definition) is 4. The molecule has 0 spiro atoms. The summed E-state index contributed by atoms with van der Waals surface area (Å²) in [6, 6.07) is 24.3. The van der Waals surface area contributed by atoms with Gasteiger partial charge in [-0.1, -0.05) is 66.7 Å². The number of benzene rings is 3. The summed E-state index contributed by atoms with van der Waals surface area (Å²) in [7, 11) is -3.55. The van der Waals surface area contributed by atoms with E-state index in [0.717, 1.165) is 49.5 Å². The van der Waals surface area contributed by atoms with Crippen molar-refractivity contribution in [1.29, 1.82) is 0 Å². The van der Waals surface area contributed by atoms with Crippen molar-refractivity contribution in [2.45, 2.75) is 16.3 Å². The second-order valence-electron chi connectivity index (χ2n) is 7.35. The van der Waals surface area contributed by atoms with Crippen molar-refractivity contribution in [1.82, 2.24) is 4.90 Å². The number of sulfone groups is 1. The van der Waals surface area contributed by atoms with Crippen molar-refractivity contribution in [2.24, 2.45) is 0 Å². The van der Waals surface area contributed by atoms with Crippen LogP contribution in [0.15, 0.2) is 88.7 Å². The Hall–Kier alpha value is -2.73. The highest BCUT2D eigenvalue weighted by Crippen LogP contribution is 2.23. The third-order valence-corrected chi connectivity index (χ3v) is 6.94. The van der Waals surface area contributed by atoms with Crippen LogP contribution in [0.5, 0.6) is 0 Å². The second kappa shape index (κ2) is 9.39. The molecule has 1 fully saturated rings. The molecule has 0 amide bonds. The maximum Gasteiger partial charge on any atom is 0.206 e. The minimum atomic E-state index is -3.55. The molecule has 0 aliphatic carbocycles. The SMILES string of the molecule is O=S(=O)(c1ccc(C=Cc2ccccc2)cc1)c1cccc(CN2CCOCC2)c1. The van der Waals surface area contributed by atoms with Gasteiger partial charge in [0.2, 0.25) is 9.84 Å². The zero-order chi connectivity index (χ0) is 20.8. The van der Waals surface area contributed by atoms with Gasteiger partial charge in [0.15, 0.2) is 0 Å². The molecule has 4 nitrogen and oxygen atoms in total. The lowest BCUT2D eigenvalue weighted by Gasteiger charge is -2.26. The van der Waals surface area contributed by atoms with Crippen molar-refractivity contribution >= 4 is 22.0 Å². The van der Waals surface area contributed by atoms with Gasteiger partial charge < -0.3 is 4.74 Å². The van der Waals surface area contributed by atoms with E-state index in [1.54, 1.807) is 24.3 Å². The molecule has 1 heterocycles. The van der Waals surface area contributed by atoms with Gasteiger partial charge in [0.25, 0.3) is 0 Å². The molecular weight excluding hydrogens is 394 g/mol. The van der Waals surface area contributed by atoms with Crippen molar-refractivity contribution in [3.05, 3.63) is 95.6 Å². The maximum atomic E-state index is 13.1. The van der Waals surface area contributed by atoms with Gasteiger partial charge in [-0.3, -0.25) is 4.90 Å². The van der Waals surface area contributed by atoms with Gasteiger partial charge in [-0.05, 0) is 41.0 Å². The summed E-state index contributed by atoms with van der Waals surface area (Å²) in [5.41, 5.74) is 3.06. The fraction of sp³-hybridized carbons (Fsp3) is 0.200. The molecule has 0 atom stereocenters. The molecular formula is C25H25NO3S. The predicted octanol–water partition coefficient (Wildman–Crippen LogP) is 4.52. The molecule has 30 heavy (non-hydrogen) atoms. The van der Waals surface area contributed by atoms with E-state index < -0.39 is 9.84 Å². The lowest BCUT2D eigenvalue weighted by molar-refractivity contribution is 0.0341. The third-order valence-electron chi connectivity index (χ3n) is 5.18. The Labute approximate surface area is 178 Å². The van der Waals surface area contributed by atoms with E-state index in [2.05, 4.69) is 4.90 Å². The highest BCUT2D eigenvalue weighted by molar-refractivity contribution is 7.91. The molecule has 1 aliphatic heterocycles. The quantitative estimate of drug-likeness (QED) is 0.551. The molecule has 0 N–H and O–H groups in total. The standard InChI is InChI=1S/C25H25NO3S/c27-30(28,25-8-4-7-23(19-25)20-26-15-17-29-18-16-26)24-13-11-22(12-14-24)10-9-21-5-2-1-3-6-21/h1-14,19H,15-18,20H2. The minimum absolute atomic E-state index is 0.308. The topological polar surface area (TPSA) is 46.6 Å². The normalized spacial score (nSPS) is 15.5. The number of ether oxygens (including phenoxy) is 1. The Morgan fingerprint density at radius 2 is 1.43 bits per heavy atom. The van der Waals surface area contributed by atoms with E-state index in [4.69, 9.17) is 4.74 Å². The molecule has 0 bridgehead atoms. The fourth-order valence-electron chi connectivity index (χ4n) is 3.48. The summed E-state index contributed by atoms with van der Waals surface area (Å²) in [4.78, 5) is 2.92. The monoisotopic (exact) mass is 419 g/mol. The Balaban J connectivity index is 1.50. The van der Waals surface area contributed by atoms with Crippen LogP contribution in [0.4, 0.5) is 0 Å². The van der Waals surface area contributed by atoms with Crippen LogP contribution in [-0.4, -0.2) is 39.6 Å². The van der Waals surface area contributed by atoms with E-state index in [0.29, 0.717) is 9.79 Å². The molecule has 5 heteroatoms. The zero-order valence-electron chi connectivity index (χ0n) is 16.8. The zero-order valence-corrected chi connectivity index (χ0v) is 17.6. The average molecular weight is 420 g/mol.